The van der Waals surface area contributed by atoms with E-state index in [9.17, 15) is 4.39 Å². The maximum absolute atomic E-state index is 13.5. The minimum absolute atomic E-state index is 0.265. The van der Waals surface area contributed by atoms with E-state index in [2.05, 4.69) is 21.8 Å². The van der Waals surface area contributed by atoms with Crippen LogP contribution < -0.4 is 4.90 Å². The van der Waals surface area contributed by atoms with Crippen molar-refractivity contribution in [1.82, 2.24) is 24.5 Å². The zero-order valence-corrected chi connectivity index (χ0v) is 16.2. The average molecular weight is 388 g/mol. The first-order valence-electron chi connectivity index (χ1n) is 9.68. The zero-order chi connectivity index (χ0) is 19.8. The molecule has 0 N–H and O–H groups in total. The van der Waals surface area contributed by atoms with Gasteiger partial charge in [0.2, 0.25) is 0 Å². The Morgan fingerprint density at radius 1 is 0.862 bits per heavy atom. The molecule has 1 saturated heterocycles. The highest BCUT2D eigenvalue weighted by atomic mass is 19.1. The van der Waals surface area contributed by atoms with Crippen molar-refractivity contribution in [1.29, 1.82) is 0 Å². The van der Waals surface area contributed by atoms with E-state index in [1.165, 1.54) is 12.1 Å². The van der Waals surface area contributed by atoms with Crippen molar-refractivity contribution in [3.63, 3.8) is 0 Å². The lowest BCUT2D eigenvalue weighted by molar-refractivity contribution is 0.312. The summed E-state index contributed by atoms with van der Waals surface area (Å²) >= 11 is 0. The molecule has 7 heteroatoms. The molecule has 0 radical (unpaired) electrons. The summed E-state index contributed by atoms with van der Waals surface area (Å²) < 4.78 is 15.3. The summed E-state index contributed by atoms with van der Waals surface area (Å²) in [5, 5.41) is 4.77. The van der Waals surface area contributed by atoms with E-state index in [4.69, 9.17) is 10.1 Å². The van der Waals surface area contributed by atoms with Gasteiger partial charge in [-0.3, -0.25) is 4.98 Å². The van der Waals surface area contributed by atoms with Crippen molar-refractivity contribution in [3.05, 3.63) is 66.9 Å². The molecule has 5 rings (SSSR count). The predicted molar refractivity (Wildman–Crippen MR) is 111 cm³/mol. The highest BCUT2D eigenvalue weighted by Gasteiger charge is 2.20. The van der Waals surface area contributed by atoms with Gasteiger partial charge in [-0.15, -0.1) is 0 Å². The van der Waals surface area contributed by atoms with Crippen molar-refractivity contribution >= 4 is 11.5 Å². The molecule has 1 aliphatic rings. The SMILES string of the molecule is CN1CCN(c2ccn3nc(-c4ccc(F)cc4)c(-c4ccncc4)c3n2)CC1. The van der Waals surface area contributed by atoms with Gasteiger partial charge < -0.3 is 9.80 Å². The smallest absolute Gasteiger partial charge is 0.165 e. The van der Waals surface area contributed by atoms with Crippen molar-refractivity contribution < 1.29 is 4.39 Å². The normalized spacial score (nSPS) is 15.2. The Morgan fingerprint density at radius 3 is 2.31 bits per heavy atom. The van der Waals surface area contributed by atoms with E-state index in [0.29, 0.717) is 0 Å². The molecule has 146 valence electrons. The van der Waals surface area contributed by atoms with E-state index in [-0.39, 0.29) is 5.82 Å². The lowest BCUT2D eigenvalue weighted by atomic mass is 10.0. The average Bonchev–Trinajstić information content (AvgIpc) is 3.14. The van der Waals surface area contributed by atoms with Crippen LogP contribution in [0.4, 0.5) is 10.2 Å². The number of rotatable bonds is 3. The van der Waals surface area contributed by atoms with Gasteiger partial charge in [-0.2, -0.15) is 5.10 Å². The molecule has 0 saturated carbocycles. The molecule has 1 aromatic carbocycles. The second-order valence-electron chi connectivity index (χ2n) is 7.31. The number of nitrogens with zero attached hydrogens (tertiary/aromatic N) is 6. The monoisotopic (exact) mass is 388 g/mol. The number of hydrogen-bond acceptors (Lipinski definition) is 5. The molecule has 0 atom stereocenters. The molecule has 1 fully saturated rings. The highest BCUT2D eigenvalue weighted by Crippen LogP contribution is 2.35. The van der Waals surface area contributed by atoms with E-state index >= 15 is 0 Å². The minimum Gasteiger partial charge on any atom is -0.354 e. The van der Waals surface area contributed by atoms with Gasteiger partial charge in [0.05, 0.1) is 5.56 Å². The van der Waals surface area contributed by atoms with E-state index in [0.717, 1.165) is 60.0 Å². The molecule has 4 aromatic rings. The van der Waals surface area contributed by atoms with Crippen LogP contribution in [0.1, 0.15) is 0 Å². The minimum atomic E-state index is -0.265. The Kier molecular flexibility index (Phi) is 4.44. The first kappa shape index (κ1) is 17.8. The molecule has 29 heavy (non-hydrogen) atoms. The Morgan fingerprint density at radius 2 is 1.59 bits per heavy atom. The van der Waals surface area contributed by atoms with Gasteiger partial charge in [0.1, 0.15) is 17.3 Å². The first-order chi connectivity index (χ1) is 14.2. The number of halogens is 1. The molecule has 0 amide bonds. The summed E-state index contributed by atoms with van der Waals surface area (Å²) in [6.45, 7) is 3.93. The lowest BCUT2D eigenvalue weighted by Crippen LogP contribution is -2.44. The first-order valence-corrected chi connectivity index (χ1v) is 9.68. The number of anilines is 1. The molecule has 0 spiro atoms. The van der Waals surface area contributed by atoms with Crippen molar-refractivity contribution in [2.45, 2.75) is 0 Å². The van der Waals surface area contributed by atoms with Gasteiger partial charge in [0, 0.05) is 50.3 Å². The molecule has 0 bridgehead atoms. The van der Waals surface area contributed by atoms with Crippen molar-refractivity contribution in [2.75, 3.05) is 38.1 Å². The number of piperazine rings is 1. The molecule has 1 aliphatic heterocycles. The van der Waals surface area contributed by atoms with Crippen LogP contribution in [-0.4, -0.2) is 57.7 Å². The largest absolute Gasteiger partial charge is 0.354 e. The fourth-order valence-corrected chi connectivity index (χ4v) is 3.73. The fraction of sp³-hybridized carbons (Fsp3) is 0.227. The molecule has 0 aliphatic carbocycles. The number of aromatic nitrogens is 4. The zero-order valence-electron chi connectivity index (χ0n) is 16.2. The van der Waals surface area contributed by atoms with Gasteiger partial charge >= 0.3 is 0 Å². The van der Waals surface area contributed by atoms with Crippen LogP contribution >= 0.6 is 0 Å². The Bertz CT molecular complexity index is 1130. The van der Waals surface area contributed by atoms with Gasteiger partial charge in [-0.05, 0) is 55.1 Å². The molecule has 3 aromatic heterocycles. The lowest BCUT2D eigenvalue weighted by Gasteiger charge is -2.33. The molecule has 0 unspecified atom stereocenters. The summed E-state index contributed by atoms with van der Waals surface area (Å²) in [5.74, 6) is 0.685. The molecular weight excluding hydrogens is 367 g/mol. The Balaban J connectivity index is 1.68. The Labute approximate surface area is 168 Å². The quantitative estimate of drug-likeness (QED) is 0.539. The van der Waals surface area contributed by atoms with Gasteiger partial charge in [0.15, 0.2) is 5.65 Å². The third-order valence-corrected chi connectivity index (χ3v) is 5.38. The fourth-order valence-electron chi connectivity index (χ4n) is 3.73. The second kappa shape index (κ2) is 7.25. The molecular formula is C22H21FN6. The predicted octanol–water partition coefficient (Wildman–Crippen LogP) is 3.35. The number of fused-ring (bicyclic) bond motifs is 1. The number of benzene rings is 1. The van der Waals surface area contributed by atoms with Crippen LogP contribution in [0.5, 0.6) is 0 Å². The summed E-state index contributed by atoms with van der Waals surface area (Å²) in [6.07, 6.45) is 5.48. The summed E-state index contributed by atoms with van der Waals surface area (Å²) in [6, 6.07) is 12.3. The van der Waals surface area contributed by atoms with Crippen LogP contribution in [0.2, 0.25) is 0 Å². The van der Waals surface area contributed by atoms with Crippen molar-refractivity contribution in [2.24, 2.45) is 0 Å². The standard InChI is InChI=1S/C22H21FN6/c1-27-12-14-28(15-13-27)19-8-11-29-22(25-19)20(16-6-9-24-10-7-16)21(26-29)17-2-4-18(23)5-3-17/h2-11H,12-15H2,1H3. The van der Waals surface area contributed by atoms with Crippen LogP contribution in [0, 0.1) is 5.82 Å². The van der Waals surface area contributed by atoms with E-state index in [1.54, 1.807) is 29.0 Å². The van der Waals surface area contributed by atoms with Crippen LogP contribution in [0.3, 0.4) is 0 Å². The second-order valence-corrected chi connectivity index (χ2v) is 7.31. The van der Waals surface area contributed by atoms with E-state index < -0.39 is 0 Å². The van der Waals surface area contributed by atoms with Crippen LogP contribution in [0.15, 0.2) is 61.1 Å². The summed E-state index contributed by atoms with van der Waals surface area (Å²) in [5.41, 5.74) is 4.32. The van der Waals surface area contributed by atoms with Gasteiger partial charge in [0.25, 0.3) is 0 Å². The number of pyridine rings is 1. The molecule has 6 nitrogen and oxygen atoms in total. The number of hydrogen-bond donors (Lipinski definition) is 0. The topological polar surface area (TPSA) is 49.6 Å². The van der Waals surface area contributed by atoms with Crippen LogP contribution in [-0.2, 0) is 0 Å². The number of likely N-dealkylation sites (N-methyl/N-ethyl adjacent to an activating group) is 1. The maximum atomic E-state index is 13.5. The van der Waals surface area contributed by atoms with Gasteiger partial charge in [-0.1, -0.05) is 0 Å². The summed E-state index contributed by atoms with van der Waals surface area (Å²) in [4.78, 5) is 13.7. The Hall–Kier alpha value is -3.32. The molecule has 4 heterocycles. The van der Waals surface area contributed by atoms with E-state index in [1.807, 2.05) is 24.4 Å². The third-order valence-electron chi connectivity index (χ3n) is 5.38. The highest BCUT2D eigenvalue weighted by molar-refractivity contribution is 5.90. The van der Waals surface area contributed by atoms with Crippen molar-refractivity contribution in [3.8, 4) is 22.4 Å². The summed E-state index contributed by atoms with van der Waals surface area (Å²) in [7, 11) is 2.14. The maximum Gasteiger partial charge on any atom is 0.165 e. The van der Waals surface area contributed by atoms with Crippen LogP contribution in [0.25, 0.3) is 28.0 Å². The van der Waals surface area contributed by atoms with Gasteiger partial charge in [-0.25, -0.2) is 13.9 Å². The third kappa shape index (κ3) is 3.34.